The molecule has 9 rings (SSSR count). The maximum atomic E-state index is 11.9. The van der Waals surface area contributed by atoms with Gasteiger partial charge in [0.05, 0.1) is 40.1 Å². The van der Waals surface area contributed by atoms with E-state index >= 15 is 0 Å². The molecule has 0 aliphatic carbocycles. The normalized spacial score (nSPS) is 20.5. The van der Waals surface area contributed by atoms with Crippen LogP contribution in [0.2, 0.25) is 0 Å². The zero-order valence-corrected chi connectivity index (χ0v) is 28.5. The summed E-state index contributed by atoms with van der Waals surface area (Å²) in [5, 5.41) is 9.76. The number of aromatic nitrogens is 1. The topological polar surface area (TPSA) is 90.2 Å². The molecule has 8 bridgehead atoms. The Morgan fingerprint density at radius 3 is 1.83 bits per heavy atom. The second kappa shape index (κ2) is 13.5. The first kappa shape index (κ1) is 31.8. The highest BCUT2D eigenvalue weighted by molar-refractivity contribution is 6.36. The van der Waals surface area contributed by atoms with Gasteiger partial charge in [0.1, 0.15) is 0 Å². The lowest BCUT2D eigenvalue weighted by molar-refractivity contribution is -0.131. The summed E-state index contributed by atoms with van der Waals surface area (Å²) in [4.78, 5) is 31.8. The van der Waals surface area contributed by atoms with Crippen molar-refractivity contribution in [2.24, 2.45) is 15.0 Å². The van der Waals surface area contributed by atoms with Crippen LogP contribution >= 0.6 is 0 Å². The zero-order valence-electron chi connectivity index (χ0n) is 28.5. The van der Waals surface area contributed by atoms with E-state index in [4.69, 9.17) is 15.0 Å². The lowest BCUT2D eigenvalue weighted by Crippen LogP contribution is -2.12. The molecule has 6 nitrogen and oxygen atoms in total. The van der Waals surface area contributed by atoms with Gasteiger partial charge < -0.3 is 10.1 Å². The van der Waals surface area contributed by atoms with Crippen LogP contribution in [0.15, 0.2) is 214 Å². The Labute approximate surface area is 307 Å². The summed E-state index contributed by atoms with van der Waals surface area (Å²) >= 11 is 0. The third-order valence-electron chi connectivity index (χ3n) is 9.67. The van der Waals surface area contributed by atoms with E-state index < -0.39 is 5.97 Å². The molecular weight excluding hydrogens is 653 g/mol. The van der Waals surface area contributed by atoms with Gasteiger partial charge in [-0.15, -0.1) is 0 Å². The van der Waals surface area contributed by atoms with E-state index in [0.29, 0.717) is 17.0 Å². The fourth-order valence-corrected chi connectivity index (χ4v) is 7.34. The molecule has 252 valence electrons. The Bertz CT molecular complexity index is 2590. The molecule has 5 aromatic rings. The van der Waals surface area contributed by atoms with Crippen molar-refractivity contribution in [1.29, 1.82) is 0 Å². The van der Waals surface area contributed by atoms with Crippen molar-refractivity contribution < 1.29 is 9.90 Å². The lowest BCUT2D eigenvalue weighted by atomic mass is 9.91. The standard InChI is InChI=1S/C47H32N4O2/c52-42(53)28-21-34-29-41-45(32-17-9-3-10-18-32)39-25-24-37(49-39)43(30-13-5-1-6-14-30)35-22-23-36(48-35)44(31-15-7-2-8-16-31)38-26-27-40(50-38)46(47(34)51-41)33-19-11-4-12-20-33/h1-29,43,48H,(H,52,53)/b28-21?,44-38?,45-39-,47-46-. The SMILES string of the molecule is O=C(O)C=CC1=CC2=NC/1=C(/c1ccccc1)C1=NC(=C(c3ccccc3)c3ccc([nH]3)C(c3ccccc3)C3=N/C(=C\2c2ccccc2)C=C3)C=C1. The highest BCUT2D eigenvalue weighted by Crippen LogP contribution is 2.40. The average molecular weight is 685 g/mol. The number of carbonyl (C=O) groups is 1. The Kier molecular flexibility index (Phi) is 8.10. The average Bonchev–Trinajstić information content (AvgIpc) is 4.03. The van der Waals surface area contributed by atoms with Gasteiger partial charge >= 0.3 is 5.97 Å². The van der Waals surface area contributed by atoms with E-state index in [1.165, 1.54) is 0 Å². The predicted molar refractivity (Wildman–Crippen MR) is 214 cm³/mol. The van der Waals surface area contributed by atoms with Crippen molar-refractivity contribution in [3.8, 4) is 0 Å². The van der Waals surface area contributed by atoms with E-state index in [1.807, 2.05) is 84.9 Å². The van der Waals surface area contributed by atoms with Gasteiger partial charge in [-0.3, -0.25) is 4.99 Å². The van der Waals surface area contributed by atoms with Crippen molar-refractivity contribution in [3.05, 3.63) is 232 Å². The fourth-order valence-electron chi connectivity index (χ4n) is 7.34. The number of aliphatic imine (C=N–C) groups is 3. The minimum atomic E-state index is -1.04. The number of hydrogen-bond donors (Lipinski definition) is 2. The van der Waals surface area contributed by atoms with Gasteiger partial charge in [0.15, 0.2) is 0 Å². The third kappa shape index (κ3) is 6.02. The van der Waals surface area contributed by atoms with Crippen LogP contribution in [0.4, 0.5) is 0 Å². The Hall–Kier alpha value is -7.18. The highest BCUT2D eigenvalue weighted by atomic mass is 16.4. The molecule has 2 N–H and O–H groups in total. The first-order valence-corrected chi connectivity index (χ1v) is 17.5. The smallest absolute Gasteiger partial charge is 0.328 e. The summed E-state index contributed by atoms with van der Waals surface area (Å²) in [6.07, 6.45) is 13.0. The van der Waals surface area contributed by atoms with Gasteiger partial charge in [0.2, 0.25) is 0 Å². The van der Waals surface area contributed by atoms with Gasteiger partial charge in [0.25, 0.3) is 0 Å². The zero-order chi connectivity index (χ0) is 35.7. The number of aliphatic carboxylic acids is 1. The van der Waals surface area contributed by atoms with Crippen molar-refractivity contribution >= 4 is 39.8 Å². The molecule has 53 heavy (non-hydrogen) atoms. The van der Waals surface area contributed by atoms with Crippen molar-refractivity contribution in [2.45, 2.75) is 5.92 Å². The fraction of sp³-hybridized carbons (Fsp3) is 0.0213. The van der Waals surface area contributed by atoms with Crippen LogP contribution in [0, 0.1) is 0 Å². The number of carboxylic acids is 1. The maximum absolute atomic E-state index is 11.9. The largest absolute Gasteiger partial charge is 0.478 e. The Morgan fingerprint density at radius 2 is 1.17 bits per heavy atom. The first-order valence-electron chi connectivity index (χ1n) is 17.5. The second-order valence-corrected chi connectivity index (χ2v) is 13.0. The summed E-state index contributed by atoms with van der Waals surface area (Å²) in [6.45, 7) is 0. The monoisotopic (exact) mass is 684 g/mol. The Morgan fingerprint density at radius 1 is 0.585 bits per heavy atom. The minimum absolute atomic E-state index is 0.181. The van der Waals surface area contributed by atoms with Crippen LogP contribution in [0.25, 0.3) is 16.7 Å². The van der Waals surface area contributed by atoms with E-state index in [9.17, 15) is 9.90 Å². The number of fused-ring (bicyclic) bond motifs is 5. The second-order valence-electron chi connectivity index (χ2n) is 13.0. The number of allylic oxidation sites excluding steroid dienone is 8. The number of aromatic amines is 1. The molecule has 0 fully saturated rings. The molecule has 0 spiro atoms. The summed E-state index contributed by atoms with van der Waals surface area (Å²) in [7, 11) is 0. The van der Waals surface area contributed by atoms with Crippen LogP contribution in [-0.2, 0) is 4.79 Å². The molecular formula is C47H32N4O2. The summed E-state index contributed by atoms with van der Waals surface area (Å²) in [5.74, 6) is -1.22. The molecule has 1 aromatic heterocycles. The van der Waals surface area contributed by atoms with Crippen LogP contribution in [0.1, 0.15) is 39.6 Å². The number of nitrogens with one attached hydrogen (secondary N) is 1. The van der Waals surface area contributed by atoms with Gasteiger partial charge in [-0.05, 0) is 70.8 Å². The maximum Gasteiger partial charge on any atom is 0.328 e. The first-order chi connectivity index (χ1) is 26.1. The van der Waals surface area contributed by atoms with Crippen LogP contribution in [0.3, 0.4) is 0 Å². The van der Waals surface area contributed by atoms with E-state index in [2.05, 4.69) is 83.9 Å². The van der Waals surface area contributed by atoms with Crippen LogP contribution < -0.4 is 0 Å². The van der Waals surface area contributed by atoms with E-state index in [1.54, 1.807) is 6.08 Å². The molecule has 5 heterocycles. The molecule has 0 amide bonds. The van der Waals surface area contributed by atoms with Crippen LogP contribution in [-0.4, -0.2) is 33.2 Å². The number of nitrogens with zero attached hydrogens (tertiary/aromatic N) is 3. The summed E-state index contributed by atoms with van der Waals surface area (Å²) < 4.78 is 0. The molecule has 0 radical (unpaired) electrons. The lowest BCUT2D eigenvalue weighted by Gasteiger charge is -2.17. The van der Waals surface area contributed by atoms with Gasteiger partial charge in [-0.1, -0.05) is 121 Å². The molecule has 4 aliphatic rings. The molecule has 6 heteroatoms. The number of H-pyrrole nitrogens is 1. The molecule has 0 saturated carbocycles. The molecule has 1 atom stereocenters. The van der Waals surface area contributed by atoms with Gasteiger partial charge in [-0.2, -0.15) is 0 Å². The Balaban J connectivity index is 1.39. The summed E-state index contributed by atoms with van der Waals surface area (Å²) in [5.41, 5.74) is 13.7. The predicted octanol–water partition coefficient (Wildman–Crippen LogP) is 9.79. The summed E-state index contributed by atoms with van der Waals surface area (Å²) in [6, 6.07) is 45.2. The molecule has 4 aliphatic heterocycles. The number of benzene rings is 4. The van der Waals surface area contributed by atoms with Crippen molar-refractivity contribution in [1.82, 2.24) is 4.98 Å². The molecule has 4 aromatic carbocycles. The van der Waals surface area contributed by atoms with Gasteiger partial charge in [0, 0.05) is 39.8 Å². The molecule has 1 unspecified atom stereocenters. The van der Waals surface area contributed by atoms with Crippen molar-refractivity contribution in [3.63, 3.8) is 0 Å². The quantitative estimate of drug-likeness (QED) is 0.174. The van der Waals surface area contributed by atoms with E-state index in [-0.39, 0.29) is 5.92 Å². The number of hydrogen-bond acceptors (Lipinski definition) is 4. The highest BCUT2D eigenvalue weighted by Gasteiger charge is 2.30. The number of rotatable bonds is 6. The molecule has 0 saturated heterocycles. The van der Waals surface area contributed by atoms with Crippen LogP contribution in [0.5, 0.6) is 0 Å². The third-order valence-corrected chi connectivity index (χ3v) is 9.67. The minimum Gasteiger partial charge on any atom is -0.478 e. The van der Waals surface area contributed by atoms with Crippen molar-refractivity contribution in [2.75, 3.05) is 0 Å². The van der Waals surface area contributed by atoms with E-state index in [0.717, 1.165) is 79.3 Å². The van der Waals surface area contributed by atoms with Gasteiger partial charge in [-0.25, -0.2) is 14.8 Å². The number of carboxylic acid groups (broad SMARTS) is 1.